The molecule has 1 atom stereocenters. The monoisotopic (exact) mass is 236 g/mol. The number of aryl methyl sites for hydroxylation is 1. The van der Waals surface area contributed by atoms with E-state index < -0.39 is 0 Å². The average molecular weight is 236 g/mol. The van der Waals surface area contributed by atoms with E-state index >= 15 is 0 Å². The third kappa shape index (κ3) is 4.75. The maximum absolute atomic E-state index is 5.78. The predicted molar refractivity (Wildman–Crippen MR) is 72.4 cm³/mol. The molecule has 1 aromatic carbocycles. The first-order chi connectivity index (χ1) is 8.02. The van der Waals surface area contributed by atoms with Gasteiger partial charge in [0.15, 0.2) is 0 Å². The lowest BCUT2D eigenvalue weighted by atomic mass is 10.0. The van der Waals surface area contributed by atoms with Gasteiger partial charge in [-0.3, -0.25) is 0 Å². The molecule has 0 bridgehead atoms. The first-order valence-electron chi connectivity index (χ1n) is 6.09. The Kier molecular flexibility index (Phi) is 5.45. The Hall–Kier alpha value is -1.06. The number of ether oxygens (including phenoxy) is 1. The minimum absolute atomic E-state index is 0.259. The van der Waals surface area contributed by atoms with E-state index in [1.54, 1.807) is 7.11 Å². The van der Waals surface area contributed by atoms with Crippen molar-refractivity contribution in [2.45, 2.75) is 32.4 Å². The molecule has 0 aromatic heterocycles. The highest BCUT2D eigenvalue weighted by Gasteiger charge is 2.06. The number of nitrogens with two attached hydrogens (primary N) is 1. The van der Waals surface area contributed by atoms with E-state index in [1.807, 2.05) is 6.92 Å². The lowest BCUT2D eigenvalue weighted by Crippen LogP contribution is -2.15. The van der Waals surface area contributed by atoms with Gasteiger partial charge >= 0.3 is 0 Å². The van der Waals surface area contributed by atoms with Crippen molar-refractivity contribution in [3.8, 4) is 5.75 Å². The molecule has 1 rings (SSSR count). The van der Waals surface area contributed by atoms with Crippen LogP contribution in [0.5, 0.6) is 5.75 Å². The highest BCUT2D eigenvalue weighted by Crippen LogP contribution is 2.21. The molecule has 0 saturated heterocycles. The predicted octanol–water partition coefficient (Wildman–Crippen LogP) is 2.04. The molecule has 0 radical (unpaired) electrons. The van der Waals surface area contributed by atoms with Crippen molar-refractivity contribution >= 4 is 0 Å². The van der Waals surface area contributed by atoms with Crippen LogP contribution in [0.2, 0.25) is 0 Å². The molecule has 96 valence electrons. The maximum Gasteiger partial charge on any atom is 0.123 e. The molecule has 0 saturated carbocycles. The number of nitrogens with zero attached hydrogens (tertiary/aromatic N) is 1. The molecule has 0 aliphatic rings. The van der Waals surface area contributed by atoms with Crippen molar-refractivity contribution in [2.24, 2.45) is 5.73 Å². The Labute approximate surface area is 105 Å². The van der Waals surface area contributed by atoms with E-state index in [0.717, 1.165) is 25.1 Å². The smallest absolute Gasteiger partial charge is 0.123 e. The zero-order chi connectivity index (χ0) is 12.8. The number of methoxy groups -OCH3 is 1. The zero-order valence-corrected chi connectivity index (χ0v) is 11.4. The molecular weight excluding hydrogens is 212 g/mol. The molecule has 3 heteroatoms. The van der Waals surface area contributed by atoms with Gasteiger partial charge in [-0.15, -0.1) is 0 Å². The quantitative estimate of drug-likeness (QED) is 0.821. The summed E-state index contributed by atoms with van der Waals surface area (Å²) in [5.41, 5.74) is 8.35. The number of benzene rings is 1. The number of rotatable bonds is 6. The molecule has 0 spiro atoms. The van der Waals surface area contributed by atoms with Crippen LogP contribution in [0.1, 0.15) is 24.5 Å². The summed E-state index contributed by atoms with van der Waals surface area (Å²) in [6.07, 6.45) is 2.05. The first kappa shape index (κ1) is 14.0. The van der Waals surface area contributed by atoms with Gasteiger partial charge in [-0.05, 0) is 45.5 Å². The number of hydrogen-bond acceptors (Lipinski definition) is 3. The second kappa shape index (κ2) is 6.62. The minimum Gasteiger partial charge on any atom is -0.496 e. The molecule has 17 heavy (non-hydrogen) atoms. The highest BCUT2D eigenvalue weighted by atomic mass is 16.5. The van der Waals surface area contributed by atoms with Gasteiger partial charge in [0.2, 0.25) is 0 Å². The fourth-order valence-electron chi connectivity index (χ4n) is 1.85. The van der Waals surface area contributed by atoms with Crippen LogP contribution >= 0.6 is 0 Å². The van der Waals surface area contributed by atoms with E-state index in [4.69, 9.17) is 10.5 Å². The van der Waals surface area contributed by atoms with E-state index in [-0.39, 0.29) is 6.04 Å². The van der Waals surface area contributed by atoms with Crippen LogP contribution in [0.15, 0.2) is 18.2 Å². The molecule has 0 amide bonds. The van der Waals surface area contributed by atoms with Gasteiger partial charge in [0.05, 0.1) is 7.11 Å². The summed E-state index contributed by atoms with van der Waals surface area (Å²) < 4.78 is 5.38. The average Bonchev–Trinajstić information content (AvgIpc) is 2.25. The van der Waals surface area contributed by atoms with Gasteiger partial charge in [0, 0.05) is 18.2 Å². The molecule has 1 aromatic rings. The lowest BCUT2D eigenvalue weighted by molar-refractivity contribution is 0.371. The van der Waals surface area contributed by atoms with Crippen molar-refractivity contribution in [2.75, 3.05) is 21.2 Å². The zero-order valence-electron chi connectivity index (χ0n) is 11.4. The summed E-state index contributed by atoms with van der Waals surface area (Å²) in [5.74, 6) is 0.961. The molecule has 0 aliphatic carbocycles. The van der Waals surface area contributed by atoms with Gasteiger partial charge in [-0.2, -0.15) is 0 Å². The fourth-order valence-corrected chi connectivity index (χ4v) is 1.85. The molecule has 3 nitrogen and oxygen atoms in total. The summed E-state index contributed by atoms with van der Waals surface area (Å²) in [6.45, 7) is 2.94. The van der Waals surface area contributed by atoms with E-state index in [2.05, 4.69) is 37.2 Å². The second-order valence-corrected chi connectivity index (χ2v) is 4.90. The van der Waals surface area contributed by atoms with Crippen molar-refractivity contribution < 1.29 is 4.74 Å². The van der Waals surface area contributed by atoms with E-state index in [9.17, 15) is 0 Å². The molecule has 0 fully saturated rings. The molecule has 0 aliphatic heterocycles. The summed E-state index contributed by atoms with van der Waals surface area (Å²) in [6, 6.07) is 6.66. The largest absolute Gasteiger partial charge is 0.496 e. The third-order valence-corrected chi connectivity index (χ3v) is 2.72. The van der Waals surface area contributed by atoms with E-state index in [0.29, 0.717) is 0 Å². The second-order valence-electron chi connectivity index (χ2n) is 4.90. The van der Waals surface area contributed by atoms with Crippen molar-refractivity contribution in [3.05, 3.63) is 29.3 Å². The fraction of sp³-hybridized carbons (Fsp3) is 0.571. The first-order valence-corrected chi connectivity index (χ1v) is 6.09. The van der Waals surface area contributed by atoms with E-state index in [1.165, 1.54) is 11.1 Å². The van der Waals surface area contributed by atoms with Crippen LogP contribution in [-0.2, 0) is 13.0 Å². The third-order valence-electron chi connectivity index (χ3n) is 2.72. The van der Waals surface area contributed by atoms with Crippen LogP contribution in [0, 0.1) is 0 Å². The van der Waals surface area contributed by atoms with Crippen LogP contribution < -0.4 is 10.5 Å². The van der Waals surface area contributed by atoms with Crippen LogP contribution in [0.4, 0.5) is 0 Å². The van der Waals surface area contributed by atoms with Gasteiger partial charge in [-0.25, -0.2) is 0 Å². The van der Waals surface area contributed by atoms with Crippen LogP contribution in [0.3, 0.4) is 0 Å². The number of hydrogen-bond donors (Lipinski definition) is 1. The normalized spacial score (nSPS) is 12.8. The summed E-state index contributed by atoms with van der Waals surface area (Å²) in [5, 5.41) is 0. The summed E-state index contributed by atoms with van der Waals surface area (Å²) in [7, 11) is 5.85. The standard InChI is InChI=1S/C14H24N2O/c1-11(15)5-6-12-7-8-14(17-4)13(9-12)10-16(2)3/h7-9,11H,5-6,10,15H2,1-4H3. The Morgan fingerprint density at radius 1 is 1.35 bits per heavy atom. The SMILES string of the molecule is COc1ccc(CCC(C)N)cc1CN(C)C. The molecule has 2 N–H and O–H groups in total. The van der Waals surface area contributed by atoms with Gasteiger partial charge in [0.25, 0.3) is 0 Å². The highest BCUT2D eigenvalue weighted by molar-refractivity contribution is 5.37. The Morgan fingerprint density at radius 2 is 2.06 bits per heavy atom. The summed E-state index contributed by atoms with van der Waals surface area (Å²) in [4.78, 5) is 2.15. The van der Waals surface area contributed by atoms with Crippen LogP contribution in [-0.4, -0.2) is 32.1 Å². The Bertz CT molecular complexity index is 348. The Morgan fingerprint density at radius 3 is 2.59 bits per heavy atom. The van der Waals surface area contributed by atoms with Crippen molar-refractivity contribution in [3.63, 3.8) is 0 Å². The van der Waals surface area contributed by atoms with Gasteiger partial charge in [0.1, 0.15) is 5.75 Å². The van der Waals surface area contributed by atoms with Crippen molar-refractivity contribution in [1.82, 2.24) is 4.90 Å². The van der Waals surface area contributed by atoms with Gasteiger partial charge < -0.3 is 15.4 Å². The van der Waals surface area contributed by atoms with Gasteiger partial charge in [-0.1, -0.05) is 12.1 Å². The Balaban J connectivity index is 2.80. The molecule has 1 unspecified atom stereocenters. The summed E-state index contributed by atoms with van der Waals surface area (Å²) >= 11 is 0. The van der Waals surface area contributed by atoms with Crippen molar-refractivity contribution in [1.29, 1.82) is 0 Å². The maximum atomic E-state index is 5.78. The molecule has 0 heterocycles. The topological polar surface area (TPSA) is 38.5 Å². The lowest BCUT2D eigenvalue weighted by Gasteiger charge is -2.15. The van der Waals surface area contributed by atoms with Crippen LogP contribution in [0.25, 0.3) is 0 Å². The minimum atomic E-state index is 0.259. The molecular formula is C14H24N2O.